The van der Waals surface area contributed by atoms with Gasteiger partial charge < -0.3 is 14.4 Å². The van der Waals surface area contributed by atoms with Gasteiger partial charge in [0.05, 0.1) is 39.4 Å². The van der Waals surface area contributed by atoms with Gasteiger partial charge >= 0.3 is 0 Å². The highest BCUT2D eigenvalue weighted by Crippen LogP contribution is 2.34. The van der Waals surface area contributed by atoms with Crippen molar-refractivity contribution in [3.63, 3.8) is 0 Å². The summed E-state index contributed by atoms with van der Waals surface area (Å²) < 4.78 is 10.6. The molecule has 0 aliphatic carbocycles. The molecule has 8 nitrogen and oxygen atoms in total. The first kappa shape index (κ1) is 21.1. The molecule has 30 heavy (non-hydrogen) atoms. The van der Waals surface area contributed by atoms with Crippen LogP contribution in [0.5, 0.6) is 11.5 Å². The first-order valence-electron chi connectivity index (χ1n) is 9.43. The quantitative estimate of drug-likeness (QED) is 0.387. The van der Waals surface area contributed by atoms with Crippen LogP contribution in [0.3, 0.4) is 0 Å². The molecule has 2 unspecified atom stereocenters. The van der Waals surface area contributed by atoms with Crippen LogP contribution >= 0.6 is 0 Å². The zero-order chi connectivity index (χ0) is 21.5. The fourth-order valence-corrected chi connectivity index (χ4v) is 3.40. The Kier molecular flexibility index (Phi) is 6.88. The van der Waals surface area contributed by atoms with Crippen molar-refractivity contribution < 1.29 is 23.9 Å². The zero-order valence-electron chi connectivity index (χ0n) is 16.8. The summed E-state index contributed by atoms with van der Waals surface area (Å²) in [6.45, 7) is 0.413. The average molecular weight is 409 g/mol. The van der Waals surface area contributed by atoms with E-state index in [9.17, 15) is 14.9 Å². The maximum atomic E-state index is 12.7. The number of methoxy groups -OCH3 is 2. The number of hydroxylamine groups is 1. The van der Waals surface area contributed by atoms with Gasteiger partial charge in [-0.05, 0) is 17.7 Å². The standard InChI is InChI=1S/C22H23N3O5/c1-28-17-9-8-16(19(12-17)29-2)13-25-18(10-11-23)20(22(25)27)21(26)24-30-14-15-6-4-3-5-7-15/h3-9,12,18,20H,10,13-14H2,1-2H3,(H,24,26). The Balaban J connectivity index is 1.63. The van der Waals surface area contributed by atoms with Crippen molar-refractivity contribution in [2.75, 3.05) is 14.2 Å². The van der Waals surface area contributed by atoms with E-state index >= 15 is 0 Å². The van der Waals surface area contributed by atoms with Gasteiger partial charge in [-0.25, -0.2) is 5.48 Å². The third-order valence-corrected chi connectivity index (χ3v) is 5.01. The summed E-state index contributed by atoms with van der Waals surface area (Å²) in [6.07, 6.45) is 0.0426. The summed E-state index contributed by atoms with van der Waals surface area (Å²) in [5.74, 6) is -0.656. The predicted octanol–water partition coefficient (Wildman–Crippen LogP) is 2.19. The smallest absolute Gasteiger partial charge is 0.258 e. The molecule has 0 radical (unpaired) electrons. The maximum absolute atomic E-state index is 12.7. The topological polar surface area (TPSA) is 101 Å². The SMILES string of the molecule is COc1ccc(CN2C(=O)C(C(=O)NOCc3ccccc3)C2CC#N)c(OC)c1. The van der Waals surface area contributed by atoms with Crippen molar-refractivity contribution in [2.45, 2.75) is 25.6 Å². The fraction of sp³-hybridized carbons (Fsp3) is 0.318. The Morgan fingerprint density at radius 2 is 1.93 bits per heavy atom. The van der Waals surface area contributed by atoms with Crippen LogP contribution in [0.1, 0.15) is 17.5 Å². The van der Waals surface area contributed by atoms with Crippen LogP contribution in [0.15, 0.2) is 48.5 Å². The molecule has 2 amide bonds. The predicted molar refractivity (Wildman–Crippen MR) is 107 cm³/mol. The van der Waals surface area contributed by atoms with E-state index in [0.29, 0.717) is 11.5 Å². The number of carbonyl (C=O) groups excluding carboxylic acids is 2. The van der Waals surface area contributed by atoms with Crippen LogP contribution in [0.4, 0.5) is 0 Å². The number of nitrogens with zero attached hydrogens (tertiary/aromatic N) is 2. The van der Waals surface area contributed by atoms with E-state index in [0.717, 1.165) is 11.1 Å². The minimum absolute atomic E-state index is 0.0426. The number of amides is 2. The molecule has 1 saturated heterocycles. The first-order valence-corrected chi connectivity index (χ1v) is 9.43. The minimum Gasteiger partial charge on any atom is -0.497 e. The second-order valence-electron chi connectivity index (χ2n) is 6.79. The number of nitrogens with one attached hydrogen (secondary N) is 1. The van der Waals surface area contributed by atoms with Gasteiger partial charge in [0.15, 0.2) is 0 Å². The molecule has 3 rings (SSSR count). The molecule has 1 N–H and O–H groups in total. The van der Waals surface area contributed by atoms with Crippen molar-refractivity contribution in [2.24, 2.45) is 5.92 Å². The van der Waals surface area contributed by atoms with Crippen molar-refractivity contribution in [3.05, 3.63) is 59.7 Å². The van der Waals surface area contributed by atoms with E-state index in [1.807, 2.05) is 30.3 Å². The van der Waals surface area contributed by atoms with E-state index in [1.165, 1.54) is 12.0 Å². The molecular formula is C22H23N3O5. The number of ether oxygens (including phenoxy) is 2. The van der Waals surface area contributed by atoms with Crippen LogP contribution in [0.25, 0.3) is 0 Å². The molecule has 2 aromatic rings. The molecule has 0 saturated carbocycles. The van der Waals surface area contributed by atoms with Gasteiger partial charge in [-0.2, -0.15) is 5.26 Å². The average Bonchev–Trinajstić information content (AvgIpc) is 2.78. The van der Waals surface area contributed by atoms with E-state index in [1.54, 1.807) is 25.3 Å². The summed E-state index contributed by atoms with van der Waals surface area (Å²) in [4.78, 5) is 31.9. The molecule has 1 aliphatic rings. The van der Waals surface area contributed by atoms with Crippen LogP contribution < -0.4 is 15.0 Å². The van der Waals surface area contributed by atoms with Crippen LogP contribution in [0, 0.1) is 17.2 Å². The summed E-state index contributed by atoms with van der Waals surface area (Å²) in [7, 11) is 3.09. The van der Waals surface area contributed by atoms with Crippen molar-refractivity contribution in [1.29, 1.82) is 5.26 Å². The van der Waals surface area contributed by atoms with Gasteiger partial charge in [-0.15, -0.1) is 0 Å². The Morgan fingerprint density at radius 1 is 1.17 bits per heavy atom. The number of β-lactam (4-membered cyclic amide) rings is 1. The molecule has 2 aromatic carbocycles. The Morgan fingerprint density at radius 3 is 2.60 bits per heavy atom. The molecule has 2 atom stereocenters. The lowest BCUT2D eigenvalue weighted by Crippen LogP contribution is -2.64. The van der Waals surface area contributed by atoms with Crippen molar-refractivity contribution in [3.8, 4) is 17.6 Å². The minimum atomic E-state index is -0.954. The summed E-state index contributed by atoms with van der Waals surface area (Å²) >= 11 is 0. The second kappa shape index (κ2) is 9.76. The van der Waals surface area contributed by atoms with Gasteiger partial charge in [0, 0.05) is 18.2 Å². The molecule has 0 aromatic heterocycles. The van der Waals surface area contributed by atoms with Crippen LogP contribution in [0.2, 0.25) is 0 Å². The lowest BCUT2D eigenvalue weighted by atomic mass is 9.84. The molecule has 156 valence electrons. The van der Waals surface area contributed by atoms with E-state index in [-0.39, 0.29) is 25.5 Å². The number of likely N-dealkylation sites (tertiary alicyclic amines) is 1. The Bertz CT molecular complexity index is 942. The zero-order valence-corrected chi connectivity index (χ0v) is 16.8. The number of carbonyl (C=O) groups is 2. The third kappa shape index (κ3) is 4.53. The van der Waals surface area contributed by atoms with Gasteiger partial charge in [-0.1, -0.05) is 30.3 Å². The van der Waals surface area contributed by atoms with Gasteiger partial charge in [-0.3, -0.25) is 14.4 Å². The molecule has 1 aliphatic heterocycles. The normalized spacial score (nSPS) is 17.6. The van der Waals surface area contributed by atoms with Crippen LogP contribution in [-0.2, 0) is 27.6 Å². The number of hydrogen-bond acceptors (Lipinski definition) is 6. The largest absolute Gasteiger partial charge is 0.497 e. The second-order valence-corrected chi connectivity index (χ2v) is 6.79. The first-order chi connectivity index (χ1) is 14.6. The number of hydrogen-bond donors (Lipinski definition) is 1. The van der Waals surface area contributed by atoms with Gasteiger partial charge in [0.25, 0.3) is 5.91 Å². The lowest BCUT2D eigenvalue weighted by molar-refractivity contribution is -0.168. The van der Waals surface area contributed by atoms with E-state index < -0.39 is 17.9 Å². The Hall–Kier alpha value is -3.57. The highest BCUT2D eigenvalue weighted by atomic mass is 16.6. The number of rotatable bonds is 9. The highest BCUT2D eigenvalue weighted by molar-refractivity contribution is 6.05. The molecular weight excluding hydrogens is 386 g/mol. The number of benzene rings is 2. The molecule has 0 bridgehead atoms. The van der Waals surface area contributed by atoms with Gasteiger partial charge in [0.1, 0.15) is 17.4 Å². The van der Waals surface area contributed by atoms with E-state index in [4.69, 9.17) is 14.3 Å². The van der Waals surface area contributed by atoms with Crippen LogP contribution in [-0.4, -0.2) is 37.0 Å². The lowest BCUT2D eigenvalue weighted by Gasteiger charge is -2.45. The summed E-state index contributed by atoms with van der Waals surface area (Å²) in [5.41, 5.74) is 3.98. The maximum Gasteiger partial charge on any atom is 0.258 e. The molecule has 1 heterocycles. The van der Waals surface area contributed by atoms with Gasteiger partial charge in [0.2, 0.25) is 5.91 Å². The summed E-state index contributed by atoms with van der Waals surface area (Å²) in [5, 5.41) is 9.17. The molecule has 0 spiro atoms. The Labute approximate surface area is 174 Å². The molecule has 1 fully saturated rings. The van der Waals surface area contributed by atoms with E-state index in [2.05, 4.69) is 11.5 Å². The third-order valence-electron chi connectivity index (χ3n) is 5.01. The van der Waals surface area contributed by atoms with Crippen molar-refractivity contribution >= 4 is 11.8 Å². The summed E-state index contributed by atoms with van der Waals surface area (Å²) in [6, 6.07) is 16.1. The molecule has 8 heteroatoms. The van der Waals surface area contributed by atoms with Crippen molar-refractivity contribution in [1.82, 2.24) is 10.4 Å². The fourth-order valence-electron chi connectivity index (χ4n) is 3.40. The monoisotopic (exact) mass is 409 g/mol. The number of nitriles is 1. The highest BCUT2D eigenvalue weighted by Gasteiger charge is 2.51.